The molecule has 4 aromatic rings. The van der Waals surface area contributed by atoms with Gasteiger partial charge in [-0.05, 0) is 78.9 Å². The summed E-state index contributed by atoms with van der Waals surface area (Å²) in [6, 6.07) is 16.8. The monoisotopic (exact) mass is 572 g/mol. The number of methoxy groups -OCH3 is 2. The Labute approximate surface area is 242 Å². The van der Waals surface area contributed by atoms with Crippen LogP contribution in [0, 0.1) is 12.8 Å². The fourth-order valence-corrected chi connectivity index (χ4v) is 5.84. The summed E-state index contributed by atoms with van der Waals surface area (Å²) in [6.45, 7) is 6.75. The van der Waals surface area contributed by atoms with Crippen molar-refractivity contribution in [2.75, 3.05) is 25.7 Å². The number of benzene rings is 3. The van der Waals surface area contributed by atoms with Gasteiger partial charge in [0.15, 0.2) is 16.6 Å². The molecule has 1 fully saturated rings. The number of ether oxygens (including phenoxy) is 3. The van der Waals surface area contributed by atoms with Gasteiger partial charge >= 0.3 is 5.91 Å². The lowest BCUT2D eigenvalue weighted by Crippen LogP contribution is -2.29. The standard InChI is InChI=1S/C32H32N2O6S/c1-18(2)14-15-40-24-13-9-21(17-25(24)39-5)28-27(29(35)20-7-10-22(38-4)11-8-20)30(36)31(37)34(28)32-33-23-12-6-19(3)16-26(23)41-32/h6-13,16-18,28,35H,14-15H2,1-5H3. The number of aliphatic hydroxyl groups is 1. The average Bonchev–Trinajstić information content (AvgIpc) is 3.50. The third-order valence-corrected chi connectivity index (χ3v) is 8.02. The molecule has 0 radical (unpaired) electrons. The SMILES string of the molecule is COc1ccc(C(O)=C2C(=O)C(=O)N(c3nc4ccc(C)cc4s3)C2c2ccc(OCCC(C)C)c(OC)c2)cc1. The van der Waals surface area contributed by atoms with Gasteiger partial charge in [0.25, 0.3) is 5.78 Å². The van der Waals surface area contributed by atoms with Crippen LogP contribution in [0.3, 0.4) is 0 Å². The number of aliphatic hydroxyl groups excluding tert-OH is 1. The van der Waals surface area contributed by atoms with Crippen molar-refractivity contribution in [1.29, 1.82) is 0 Å². The molecule has 0 aliphatic carbocycles. The van der Waals surface area contributed by atoms with Crippen molar-refractivity contribution in [2.24, 2.45) is 5.92 Å². The van der Waals surface area contributed by atoms with Crippen molar-refractivity contribution in [3.63, 3.8) is 0 Å². The van der Waals surface area contributed by atoms with E-state index < -0.39 is 17.7 Å². The Balaban J connectivity index is 1.66. The molecule has 1 aromatic heterocycles. The molecule has 0 spiro atoms. The zero-order valence-electron chi connectivity index (χ0n) is 23.6. The fraction of sp³-hybridized carbons (Fsp3) is 0.281. The molecule has 5 rings (SSSR count). The van der Waals surface area contributed by atoms with Crippen LogP contribution in [0.4, 0.5) is 5.13 Å². The number of ketones is 1. The molecule has 1 unspecified atom stereocenters. The van der Waals surface area contributed by atoms with Gasteiger partial charge in [-0.1, -0.05) is 37.3 Å². The minimum absolute atomic E-state index is 0.0360. The van der Waals surface area contributed by atoms with Crippen LogP contribution in [0.1, 0.15) is 43.0 Å². The minimum atomic E-state index is -0.947. The highest BCUT2D eigenvalue weighted by atomic mass is 32.1. The highest BCUT2D eigenvalue weighted by Gasteiger charge is 2.48. The van der Waals surface area contributed by atoms with Crippen LogP contribution >= 0.6 is 11.3 Å². The van der Waals surface area contributed by atoms with E-state index in [-0.39, 0.29) is 11.3 Å². The van der Waals surface area contributed by atoms with Crippen molar-refractivity contribution in [1.82, 2.24) is 4.98 Å². The topological polar surface area (TPSA) is 98.2 Å². The number of nitrogens with zero attached hydrogens (tertiary/aromatic N) is 2. The van der Waals surface area contributed by atoms with E-state index in [1.807, 2.05) is 25.1 Å². The van der Waals surface area contributed by atoms with Crippen LogP contribution in [-0.2, 0) is 9.59 Å². The molecular weight excluding hydrogens is 540 g/mol. The Bertz CT molecular complexity index is 1640. The zero-order chi connectivity index (χ0) is 29.3. The number of thiazole rings is 1. The Morgan fingerprint density at radius 2 is 1.76 bits per heavy atom. The molecule has 1 saturated heterocycles. The number of anilines is 1. The Morgan fingerprint density at radius 3 is 2.44 bits per heavy atom. The highest BCUT2D eigenvalue weighted by Crippen LogP contribution is 2.46. The van der Waals surface area contributed by atoms with E-state index in [1.165, 1.54) is 16.2 Å². The van der Waals surface area contributed by atoms with Gasteiger partial charge in [-0.2, -0.15) is 0 Å². The summed E-state index contributed by atoms with van der Waals surface area (Å²) in [6.07, 6.45) is 0.879. The molecule has 1 N–H and O–H groups in total. The molecule has 1 amide bonds. The van der Waals surface area contributed by atoms with Gasteiger partial charge in [0.2, 0.25) is 0 Å². The van der Waals surface area contributed by atoms with E-state index in [0.29, 0.717) is 46.0 Å². The van der Waals surface area contributed by atoms with E-state index in [9.17, 15) is 14.7 Å². The number of aromatic nitrogens is 1. The quantitative estimate of drug-likeness (QED) is 0.136. The van der Waals surface area contributed by atoms with Gasteiger partial charge in [-0.25, -0.2) is 4.98 Å². The van der Waals surface area contributed by atoms with Gasteiger partial charge in [0, 0.05) is 5.56 Å². The smallest absolute Gasteiger partial charge is 0.301 e. The second-order valence-corrected chi connectivity index (χ2v) is 11.3. The first kappa shape index (κ1) is 28.2. The number of fused-ring (bicyclic) bond motifs is 1. The van der Waals surface area contributed by atoms with Gasteiger partial charge in [0.05, 0.1) is 42.7 Å². The van der Waals surface area contributed by atoms with E-state index in [0.717, 1.165) is 22.2 Å². The first-order valence-corrected chi connectivity index (χ1v) is 14.2. The number of hydrogen-bond donors (Lipinski definition) is 1. The van der Waals surface area contributed by atoms with Crippen LogP contribution in [-0.4, -0.2) is 42.6 Å². The number of carbonyl (C=O) groups is 2. The summed E-state index contributed by atoms with van der Waals surface area (Å²) < 4.78 is 17.7. The predicted molar refractivity (Wildman–Crippen MR) is 160 cm³/mol. The molecule has 1 aliphatic heterocycles. The highest BCUT2D eigenvalue weighted by molar-refractivity contribution is 7.22. The maximum absolute atomic E-state index is 13.6. The van der Waals surface area contributed by atoms with E-state index in [4.69, 9.17) is 19.2 Å². The summed E-state index contributed by atoms with van der Waals surface area (Å²) in [5.41, 5.74) is 2.70. The van der Waals surface area contributed by atoms with Crippen LogP contribution in [0.25, 0.3) is 16.0 Å². The number of rotatable bonds is 9. The van der Waals surface area contributed by atoms with Crippen molar-refractivity contribution < 1.29 is 28.9 Å². The van der Waals surface area contributed by atoms with Gasteiger partial charge < -0.3 is 19.3 Å². The summed E-state index contributed by atoms with van der Waals surface area (Å²) >= 11 is 1.32. The van der Waals surface area contributed by atoms with E-state index >= 15 is 0 Å². The maximum atomic E-state index is 13.6. The minimum Gasteiger partial charge on any atom is -0.507 e. The van der Waals surface area contributed by atoms with Crippen molar-refractivity contribution in [3.05, 3.63) is 82.9 Å². The molecule has 3 aromatic carbocycles. The third-order valence-electron chi connectivity index (χ3n) is 7.00. The van der Waals surface area contributed by atoms with Crippen molar-refractivity contribution >= 4 is 44.1 Å². The molecule has 9 heteroatoms. The lowest BCUT2D eigenvalue weighted by atomic mass is 9.95. The number of amides is 1. The largest absolute Gasteiger partial charge is 0.507 e. The molecule has 2 heterocycles. The van der Waals surface area contributed by atoms with Gasteiger partial charge in [-0.3, -0.25) is 14.5 Å². The second kappa shape index (κ2) is 11.6. The molecule has 0 bridgehead atoms. The molecule has 8 nitrogen and oxygen atoms in total. The third kappa shape index (κ3) is 5.50. The zero-order valence-corrected chi connectivity index (χ0v) is 24.5. The molecule has 0 saturated carbocycles. The molecule has 1 atom stereocenters. The Morgan fingerprint density at radius 1 is 1.00 bits per heavy atom. The van der Waals surface area contributed by atoms with Crippen molar-refractivity contribution in [2.45, 2.75) is 33.2 Å². The molecular formula is C32H32N2O6S. The summed E-state index contributed by atoms with van der Waals surface area (Å²) in [7, 11) is 3.09. The van der Waals surface area contributed by atoms with Crippen LogP contribution in [0.5, 0.6) is 17.2 Å². The van der Waals surface area contributed by atoms with E-state index in [1.54, 1.807) is 56.7 Å². The maximum Gasteiger partial charge on any atom is 0.301 e. The lowest BCUT2D eigenvalue weighted by molar-refractivity contribution is -0.132. The van der Waals surface area contributed by atoms with Crippen molar-refractivity contribution in [3.8, 4) is 17.2 Å². The average molecular weight is 573 g/mol. The Kier molecular flexibility index (Phi) is 7.99. The molecule has 1 aliphatic rings. The normalized spacial score (nSPS) is 16.5. The first-order chi connectivity index (χ1) is 19.7. The van der Waals surface area contributed by atoms with E-state index in [2.05, 4.69) is 13.8 Å². The van der Waals surface area contributed by atoms with Gasteiger partial charge in [0.1, 0.15) is 11.5 Å². The number of aryl methyl sites for hydroxylation is 1. The Hall–Kier alpha value is -4.37. The lowest BCUT2D eigenvalue weighted by Gasteiger charge is -2.24. The summed E-state index contributed by atoms with van der Waals surface area (Å²) in [5, 5.41) is 11.8. The molecule has 41 heavy (non-hydrogen) atoms. The first-order valence-electron chi connectivity index (χ1n) is 13.3. The second-order valence-electron chi connectivity index (χ2n) is 10.3. The fourth-order valence-electron chi connectivity index (χ4n) is 4.75. The number of carbonyl (C=O) groups excluding carboxylic acids is 2. The van der Waals surface area contributed by atoms with Crippen LogP contribution in [0.2, 0.25) is 0 Å². The summed E-state index contributed by atoms with van der Waals surface area (Å²) in [4.78, 5) is 33.3. The number of Topliss-reactive ketones (excluding diaryl/α,β-unsaturated/α-hetero) is 1. The van der Waals surface area contributed by atoms with Crippen LogP contribution in [0.15, 0.2) is 66.2 Å². The van der Waals surface area contributed by atoms with Crippen LogP contribution < -0.4 is 19.1 Å². The molecule has 212 valence electrons. The van der Waals surface area contributed by atoms with Gasteiger partial charge in [-0.15, -0.1) is 0 Å². The summed E-state index contributed by atoms with van der Waals surface area (Å²) in [5.74, 6) is 0.246. The predicted octanol–water partition coefficient (Wildman–Crippen LogP) is 6.67. The number of hydrogen-bond acceptors (Lipinski definition) is 8.